The first-order valence-electron chi connectivity index (χ1n) is 8.11. The number of aromatic nitrogens is 5. The van der Waals surface area contributed by atoms with Crippen LogP contribution in [-0.4, -0.2) is 49.6 Å². The number of rotatable bonds is 4. The van der Waals surface area contributed by atoms with E-state index in [0.29, 0.717) is 32.8 Å². The number of fused-ring (bicyclic) bond motifs is 1. The van der Waals surface area contributed by atoms with Crippen LogP contribution < -0.4 is 5.32 Å². The first-order valence-corrected chi connectivity index (χ1v) is 9.96. The fraction of sp³-hybridized carbons (Fsp3) is 0.0588. The van der Waals surface area contributed by atoms with E-state index in [1.165, 1.54) is 36.8 Å². The predicted octanol–water partition coefficient (Wildman–Crippen LogP) is 2.51. The standard InChI is InChI=1S/C17H13FN6O4S/c1-29(27,28)24-13(11-7-21-23(9-11)17(25)26)4-10-6-19-16(5-14(10)24)22-15-3-2-12(18)8-20-15/h2-9H,1H3,(H,25,26)(H,19,20,22). The van der Waals surface area contributed by atoms with Crippen LogP contribution in [0.25, 0.3) is 22.2 Å². The van der Waals surface area contributed by atoms with Crippen molar-refractivity contribution in [3.63, 3.8) is 0 Å². The monoisotopic (exact) mass is 416 g/mol. The number of carbonyl (C=O) groups is 1. The van der Waals surface area contributed by atoms with Gasteiger partial charge in [-0.15, -0.1) is 0 Å². The van der Waals surface area contributed by atoms with Crippen LogP contribution >= 0.6 is 0 Å². The normalized spacial score (nSPS) is 11.7. The van der Waals surface area contributed by atoms with Gasteiger partial charge in [-0.3, -0.25) is 0 Å². The Bertz CT molecular complexity index is 1340. The average molecular weight is 416 g/mol. The number of nitrogens with zero attached hydrogens (tertiary/aromatic N) is 5. The molecule has 0 saturated heterocycles. The molecule has 148 valence electrons. The third-order valence-electron chi connectivity index (χ3n) is 4.03. The molecule has 0 radical (unpaired) electrons. The summed E-state index contributed by atoms with van der Waals surface area (Å²) in [6, 6.07) is 5.73. The highest BCUT2D eigenvalue weighted by Crippen LogP contribution is 2.30. The molecule has 4 rings (SSSR count). The van der Waals surface area contributed by atoms with Crippen molar-refractivity contribution < 1.29 is 22.7 Å². The third kappa shape index (κ3) is 3.52. The molecule has 0 aliphatic carbocycles. The van der Waals surface area contributed by atoms with Gasteiger partial charge in [-0.05, 0) is 18.2 Å². The van der Waals surface area contributed by atoms with E-state index in [9.17, 15) is 17.6 Å². The van der Waals surface area contributed by atoms with Gasteiger partial charge in [-0.25, -0.2) is 31.5 Å². The van der Waals surface area contributed by atoms with Gasteiger partial charge in [0.25, 0.3) is 0 Å². The van der Waals surface area contributed by atoms with Gasteiger partial charge < -0.3 is 10.4 Å². The Balaban J connectivity index is 1.85. The van der Waals surface area contributed by atoms with Crippen LogP contribution in [0, 0.1) is 5.82 Å². The van der Waals surface area contributed by atoms with Gasteiger partial charge in [0.05, 0.1) is 29.9 Å². The topological polar surface area (TPSA) is 132 Å². The maximum Gasteiger partial charge on any atom is 0.432 e. The van der Waals surface area contributed by atoms with Crippen LogP contribution in [0.5, 0.6) is 0 Å². The van der Waals surface area contributed by atoms with E-state index in [-0.39, 0.29) is 5.69 Å². The Labute approximate surface area is 163 Å². The molecule has 0 spiro atoms. The summed E-state index contributed by atoms with van der Waals surface area (Å²) in [4.78, 5) is 19.2. The number of hydrogen-bond donors (Lipinski definition) is 2. The predicted molar refractivity (Wildman–Crippen MR) is 102 cm³/mol. The summed E-state index contributed by atoms with van der Waals surface area (Å²) < 4.78 is 39.7. The van der Waals surface area contributed by atoms with Crippen LogP contribution in [0.4, 0.5) is 20.8 Å². The van der Waals surface area contributed by atoms with Crippen molar-refractivity contribution in [2.24, 2.45) is 0 Å². The van der Waals surface area contributed by atoms with Crippen LogP contribution in [0.3, 0.4) is 0 Å². The maximum atomic E-state index is 13.0. The van der Waals surface area contributed by atoms with Crippen LogP contribution in [0.1, 0.15) is 0 Å². The van der Waals surface area contributed by atoms with E-state index in [1.54, 1.807) is 6.07 Å². The summed E-state index contributed by atoms with van der Waals surface area (Å²) in [6.07, 6.45) is 4.73. The summed E-state index contributed by atoms with van der Waals surface area (Å²) in [5, 5.41) is 16.1. The van der Waals surface area contributed by atoms with Crippen LogP contribution in [0.2, 0.25) is 0 Å². The molecule has 0 unspecified atom stereocenters. The molecule has 29 heavy (non-hydrogen) atoms. The molecule has 4 aromatic rings. The highest BCUT2D eigenvalue weighted by molar-refractivity contribution is 7.89. The summed E-state index contributed by atoms with van der Waals surface area (Å²) in [5.41, 5.74) is 0.878. The van der Waals surface area contributed by atoms with Crippen LogP contribution in [0.15, 0.2) is 49.1 Å². The molecular formula is C17H13FN6O4S. The minimum atomic E-state index is -3.76. The Hall–Kier alpha value is -3.80. The molecule has 10 nitrogen and oxygen atoms in total. The van der Waals surface area contributed by atoms with Crippen molar-refractivity contribution in [3.05, 3.63) is 54.9 Å². The lowest BCUT2D eigenvalue weighted by molar-refractivity contribution is 0.192. The fourth-order valence-electron chi connectivity index (χ4n) is 2.85. The Morgan fingerprint density at radius 2 is 1.90 bits per heavy atom. The molecule has 0 fully saturated rings. The van der Waals surface area contributed by atoms with E-state index >= 15 is 0 Å². The Morgan fingerprint density at radius 3 is 2.52 bits per heavy atom. The van der Waals surface area contributed by atoms with Gasteiger partial charge in [0.15, 0.2) is 0 Å². The van der Waals surface area contributed by atoms with E-state index in [4.69, 9.17) is 5.11 Å². The van der Waals surface area contributed by atoms with E-state index in [1.807, 2.05) is 0 Å². The number of anilines is 2. The molecule has 4 aromatic heterocycles. The second kappa shape index (κ2) is 6.67. The molecule has 0 aliphatic rings. The van der Waals surface area contributed by atoms with E-state index in [0.717, 1.165) is 16.4 Å². The molecule has 0 aromatic carbocycles. The third-order valence-corrected chi connectivity index (χ3v) is 5.09. The van der Waals surface area contributed by atoms with E-state index < -0.39 is 21.9 Å². The lowest BCUT2D eigenvalue weighted by Crippen LogP contribution is -2.11. The molecule has 0 atom stereocenters. The van der Waals surface area contributed by atoms with E-state index in [2.05, 4.69) is 20.4 Å². The maximum absolute atomic E-state index is 13.0. The molecule has 0 aliphatic heterocycles. The summed E-state index contributed by atoms with van der Waals surface area (Å²) in [6.45, 7) is 0. The van der Waals surface area contributed by atoms with Crippen molar-refractivity contribution in [2.75, 3.05) is 11.6 Å². The lowest BCUT2D eigenvalue weighted by Gasteiger charge is -2.08. The van der Waals surface area contributed by atoms with Gasteiger partial charge >= 0.3 is 6.09 Å². The second-order valence-electron chi connectivity index (χ2n) is 6.13. The quantitative estimate of drug-likeness (QED) is 0.519. The summed E-state index contributed by atoms with van der Waals surface area (Å²) in [5.74, 6) is 0.141. The molecule has 0 saturated carbocycles. The molecular weight excluding hydrogens is 403 g/mol. The highest BCUT2D eigenvalue weighted by atomic mass is 32.2. The second-order valence-corrected chi connectivity index (χ2v) is 7.96. The first kappa shape index (κ1) is 18.6. The molecule has 0 amide bonds. The molecule has 4 heterocycles. The van der Waals surface area contributed by atoms with Gasteiger partial charge in [-0.2, -0.15) is 9.78 Å². The van der Waals surface area contributed by atoms with Gasteiger partial charge in [-0.1, -0.05) is 0 Å². The summed E-state index contributed by atoms with van der Waals surface area (Å²) in [7, 11) is -3.76. The van der Waals surface area contributed by atoms with Gasteiger partial charge in [0.1, 0.15) is 17.5 Å². The molecule has 0 bridgehead atoms. The minimum Gasteiger partial charge on any atom is -0.463 e. The number of hydrogen-bond acceptors (Lipinski definition) is 7. The minimum absolute atomic E-state index is 0.244. The van der Waals surface area contributed by atoms with Gasteiger partial charge in [0, 0.05) is 29.4 Å². The largest absolute Gasteiger partial charge is 0.463 e. The SMILES string of the molecule is CS(=O)(=O)n1c(-c2cnn(C(=O)O)c2)cc2cnc(Nc3ccc(F)cn3)cc21. The van der Waals surface area contributed by atoms with Crippen molar-refractivity contribution in [3.8, 4) is 11.3 Å². The van der Waals surface area contributed by atoms with Crippen LogP contribution in [-0.2, 0) is 10.0 Å². The average Bonchev–Trinajstić information content (AvgIpc) is 3.27. The summed E-state index contributed by atoms with van der Waals surface area (Å²) >= 11 is 0. The zero-order chi connectivity index (χ0) is 20.8. The fourth-order valence-corrected chi connectivity index (χ4v) is 3.88. The molecule has 2 N–H and O–H groups in total. The zero-order valence-corrected chi connectivity index (χ0v) is 15.6. The number of halogens is 1. The van der Waals surface area contributed by atoms with Gasteiger partial charge in [0.2, 0.25) is 10.0 Å². The highest BCUT2D eigenvalue weighted by Gasteiger charge is 2.20. The van der Waals surface area contributed by atoms with Crippen molar-refractivity contribution >= 4 is 38.7 Å². The molecule has 12 heteroatoms. The smallest absolute Gasteiger partial charge is 0.432 e. The number of carboxylic acid groups (broad SMARTS) is 1. The van der Waals surface area contributed by atoms with Crippen molar-refractivity contribution in [1.29, 1.82) is 0 Å². The Morgan fingerprint density at radius 1 is 1.14 bits per heavy atom. The zero-order valence-electron chi connectivity index (χ0n) is 14.8. The van der Waals surface area contributed by atoms with Crippen molar-refractivity contribution in [2.45, 2.75) is 0 Å². The first-order chi connectivity index (χ1) is 13.7. The number of pyridine rings is 2. The number of nitrogens with one attached hydrogen (secondary N) is 1. The Kier molecular flexibility index (Phi) is 4.27. The lowest BCUT2D eigenvalue weighted by atomic mass is 10.2. The van der Waals surface area contributed by atoms with Crippen molar-refractivity contribution in [1.82, 2.24) is 23.7 Å².